The molecule has 0 saturated heterocycles. The molecule has 0 bridgehead atoms. The van der Waals surface area contributed by atoms with Gasteiger partial charge in [-0.1, -0.05) is 30.4 Å². The van der Waals surface area contributed by atoms with Crippen LogP contribution in [0.3, 0.4) is 0 Å². The third-order valence-corrected chi connectivity index (χ3v) is 3.11. The molecule has 1 aromatic rings. The van der Waals surface area contributed by atoms with Crippen molar-refractivity contribution in [3.63, 3.8) is 0 Å². The number of alkyl halides is 3. The molecular weight excluding hydrogens is 275 g/mol. The highest BCUT2D eigenvalue weighted by Gasteiger charge is 2.50. The lowest BCUT2D eigenvalue weighted by Crippen LogP contribution is -2.42. The van der Waals surface area contributed by atoms with Crippen molar-refractivity contribution in [3.8, 4) is 5.75 Å². The maximum Gasteiger partial charge on any atom is 0.417 e. The van der Waals surface area contributed by atoms with Gasteiger partial charge in [0.15, 0.2) is 0 Å². The summed E-state index contributed by atoms with van der Waals surface area (Å²) in [6.45, 7) is 2.70. The summed E-state index contributed by atoms with van der Waals surface area (Å²) >= 11 is 4.80. The second kappa shape index (κ2) is 4.23. The summed E-state index contributed by atoms with van der Waals surface area (Å²) in [4.78, 5) is -0.281. The topological polar surface area (TPSA) is 35.2 Å². The summed E-state index contributed by atoms with van der Waals surface area (Å²) in [6, 6.07) is 6.42. The Morgan fingerprint density at radius 1 is 1.26 bits per heavy atom. The number of para-hydroxylation sites is 1. The van der Waals surface area contributed by atoms with Crippen molar-refractivity contribution < 1.29 is 17.9 Å². The summed E-state index contributed by atoms with van der Waals surface area (Å²) in [7, 11) is 0. The first-order valence-corrected chi connectivity index (χ1v) is 5.95. The molecule has 102 valence electrons. The standard InChI is InChI=1S/C13H12F3NOS/c1-12(2)10(13(14,15)16)9(11(17)19)7-5-3-4-6-8(7)18-12/h3-6H,1-2H3,(H2,17,19). The van der Waals surface area contributed by atoms with E-state index in [4.69, 9.17) is 22.7 Å². The predicted molar refractivity (Wildman–Crippen MR) is 70.9 cm³/mol. The molecule has 2 rings (SSSR count). The van der Waals surface area contributed by atoms with Gasteiger partial charge in [0.25, 0.3) is 0 Å². The summed E-state index contributed by atoms with van der Waals surface area (Å²) in [5, 5.41) is 0. The predicted octanol–water partition coefficient (Wildman–Crippen LogP) is 3.46. The van der Waals surface area contributed by atoms with Crippen LogP contribution in [-0.2, 0) is 0 Å². The van der Waals surface area contributed by atoms with Crippen LogP contribution < -0.4 is 10.5 Å². The van der Waals surface area contributed by atoms with Crippen molar-refractivity contribution in [2.75, 3.05) is 0 Å². The fraction of sp³-hybridized carbons (Fsp3) is 0.308. The Kier molecular flexibility index (Phi) is 3.09. The van der Waals surface area contributed by atoms with Crippen molar-refractivity contribution in [2.45, 2.75) is 25.6 Å². The van der Waals surface area contributed by atoms with Gasteiger partial charge in [-0.2, -0.15) is 13.2 Å². The molecule has 0 atom stereocenters. The van der Waals surface area contributed by atoms with Gasteiger partial charge < -0.3 is 10.5 Å². The van der Waals surface area contributed by atoms with Gasteiger partial charge >= 0.3 is 6.18 Å². The van der Waals surface area contributed by atoms with Crippen LogP contribution in [-0.4, -0.2) is 16.8 Å². The molecule has 0 saturated carbocycles. The molecule has 1 aliphatic rings. The minimum atomic E-state index is -4.56. The highest BCUT2D eigenvalue weighted by atomic mass is 32.1. The van der Waals surface area contributed by atoms with Gasteiger partial charge in [0.1, 0.15) is 16.3 Å². The number of rotatable bonds is 1. The number of nitrogens with two attached hydrogens (primary N) is 1. The molecule has 0 spiro atoms. The van der Waals surface area contributed by atoms with E-state index < -0.39 is 17.4 Å². The van der Waals surface area contributed by atoms with E-state index in [9.17, 15) is 13.2 Å². The molecule has 1 heterocycles. The van der Waals surface area contributed by atoms with Crippen LogP contribution in [0.4, 0.5) is 13.2 Å². The zero-order valence-electron chi connectivity index (χ0n) is 10.3. The Balaban J connectivity index is 2.84. The van der Waals surface area contributed by atoms with E-state index in [-0.39, 0.29) is 16.1 Å². The van der Waals surface area contributed by atoms with E-state index in [1.165, 1.54) is 19.9 Å². The molecule has 0 amide bonds. The number of ether oxygens (including phenoxy) is 1. The molecule has 1 aliphatic heterocycles. The molecule has 0 aromatic heterocycles. The van der Waals surface area contributed by atoms with Gasteiger partial charge in [-0.3, -0.25) is 0 Å². The number of hydrogen-bond donors (Lipinski definition) is 1. The average molecular weight is 287 g/mol. The van der Waals surface area contributed by atoms with Crippen molar-refractivity contribution >= 4 is 22.8 Å². The first-order chi connectivity index (χ1) is 8.64. The van der Waals surface area contributed by atoms with E-state index in [1.54, 1.807) is 18.2 Å². The first-order valence-electron chi connectivity index (χ1n) is 5.55. The smallest absolute Gasteiger partial charge is 0.417 e. The molecule has 2 nitrogen and oxygen atoms in total. The normalized spacial score (nSPS) is 17.7. The Hall–Kier alpha value is -1.56. The number of benzene rings is 1. The van der Waals surface area contributed by atoms with Crippen LogP contribution in [0.2, 0.25) is 0 Å². The lowest BCUT2D eigenvalue weighted by atomic mass is 9.85. The summed E-state index contributed by atoms with van der Waals surface area (Å²) < 4.78 is 45.3. The number of thiocarbonyl (C=S) groups is 1. The molecule has 0 unspecified atom stereocenters. The molecule has 6 heteroatoms. The average Bonchev–Trinajstić information content (AvgIpc) is 2.23. The Labute approximate surface area is 114 Å². The molecule has 1 aromatic carbocycles. The number of hydrogen-bond acceptors (Lipinski definition) is 2. The van der Waals surface area contributed by atoms with Crippen LogP contribution >= 0.6 is 12.2 Å². The zero-order chi connectivity index (χ0) is 14.4. The van der Waals surface area contributed by atoms with Crippen molar-refractivity contribution in [2.24, 2.45) is 5.73 Å². The SMILES string of the molecule is CC1(C)Oc2ccccc2C(C(N)=S)=C1C(F)(F)F. The van der Waals surface area contributed by atoms with Crippen LogP contribution in [0.1, 0.15) is 19.4 Å². The van der Waals surface area contributed by atoms with Gasteiger partial charge in [-0.05, 0) is 19.9 Å². The van der Waals surface area contributed by atoms with E-state index in [0.29, 0.717) is 5.75 Å². The summed E-state index contributed by atoms with van der Waals surface area (Å²) in [5.74, 6) is 0.350. The van der Waals surface area contributed by atoms with E-state index >= 15 is 0 Å². The minimum Gasteiger partial charge on any atom is -0.482 e. The quantitative estimate of drug-likeness (QED) is 0.803. The Morgan fingerprint density at radius 3 is 2.37 bits per heavy atom. The van der Waals surface area contributed by atoms with Gasteiger partial charge in [-0.15, -0.1) is 0 Å². The van der Waals surface area contributed by atoms with Gasteiger partial charge in [0, 0.05) is 11.1 Å². The molecule has 0 radical (unpaired) electrons. The Morgan fingerprint density at radius 2 is 1.84 bits per heavy atom. The first kappa shape index (κ1) is 13.9. The van der Waals surface area contributed by atoms with Crippen LogP contribution in [0.25, 0.3) is 5.57 Å². The molecule has 0 fully saturated rings. The zero-order valence-corrected chi connectivity index (χ0v) is 11.2. The molecule has 0 aliphatic carbocycles. The second-order valence-corrected chi connectivity index (χ2v) is 5.16. The number of fused-ring (bicyclic) bond motifs is 1. The lowest BCUT2D eigenvalue weighted by molar-refractivity contribution is -0.112. The Bertz CT molecular complexity index is 575. The third kappa shape index (κ3) is 2.32. The third-order valence-electron chi connectivity index (χ3n) is 2.90. The largest absolute Gasteiger partial charge is 0.482 e. The summed E-state index contributed by atoms with van der Waals surface area (Å²) in [5.41, 5.74) is 3.25. The highest BCUT2D eigenvalue weighted by molar-refractivity contribution is 7.81. The van der Waals surface area contributed by atoms with Crippen LogP contribution in [0.5, 0.6) is 5.75 Å². The maximum atomic E-state index is 13.3. The maximum absolute atomic E-state index is 13.3. The van der Waals surface area contributed by atoms with Gasteiger partial charge in [-0.25, -0.2) is 0 Å². The van der Waals surface area contributed by atoms with Crippen molar-refractivity contribution in [3.05, 3.63) is 35.4 Å². The highest BCUT2D eigenvalue weighted by Crippen LogP contribution is 2.47. The minimum absolute atomic E-state index is 0.158. The van der Waals surface area contributed by atoms with Gasteiger partial charge in [0.2, 0.25) is 0 Å². The fourth-order valence-corrected chi connectivity index (χ4v) is 2.47. The molecular formula is C13H12F3NOS. The van der Waals surface area contributed by atoms with Crippen molar-refractivity contribution in [1.82, 2.24) is 0 Å². The molecule has 19 heavy (non-hydrogen) atoms. The number of halogens is 3. The van der Waals surface area contributed by atoms with Gasteiger partial charge in [0.05, 0.1) is 5.57 Å². The van der Waals surface area contributed by atoms with E-state index in [0.717, 1.165) is 0 Å². The van der Waals surface area contributed by atoms with E-state index in [2.05, 4.69) is 0 Å². The van der Waals surface area contributed by atoms with Crippen molar-refractivity contribution in [1.29, 1.82) is 0 Å². The monoisotopic (exact) mass is 287 g/mol. The lowest BCUT2D eigenvalue weighted by Gasteiger charge is -2.37. The van der Waals surface area contributed by atoms with E-state index in [1.807, 2.05) is 0 Å². The fourth-order valence-electron chi connectivity index (χ4n) is 2.26. The molecule has 2 N–H and O–H groups in total. The van der Waals surface area contributed by atoms with Crippen LogP contribution in [0, 0.1) is 0 Å². The van der Waals surface area contributed by atoms with Crippen LogP contribution in [0.15, 0.2) is 29.8 Å². The summed E-state index contributed by atoms with van der Waals surface area (Å²) in [6.07, 6.45) is -4.56. The second-order valence-electron chi connectivity index (χ2n) is 4.72.